The van der Waals surface area contributed by atoms with E-state index in [1.807, 2.05) is 38.1 Å². The number of benzene rings is 2. The molecular formula is C20H22O4S. The summed E-state index contributed by atoms with van der Waals surface area (Å²) in [7, 11) is -1.90. The Kier molecular flexibility index (Phi) is 4.97. The van der Waals surface area contributed by atoms with Crippen molar-refractivity contribution in [3.63, 3.8) is 0 Å². The molecule has 1 heterocycles. The lowest BCUT2D eigenvalue weighted by atomic mass is 9.97. The molecule has 5 heteroatoms. The fourth-order valence-corrected chi connectivity index (χ4v) is 4.28. The number of hydrogen-bond acceptors (Lipinski definition) is 4. The first-order valence-corrected chi connectivity index (χ1v) is 9.74. The van der Waals surface area contributed by atoms with Gasteiger partial charge in [0.25, 0.3) is 0 Å². The lowest BCUT2D eigenvalue weighted by Gasteiger charge is -2.14. The molecule has 2 atom stereocenters. The molecule has 25 heavy (non-hydrogen) atoms. The van der Waals surface area contributed by atoms with E-state index < -0.39 is 9.84 Å². The molecule has 132 valence electrons. The van der Waals surface area contributed by atoms with E-state index in [2.05, 4.69) is 0 Å². The van der Waals surface area contributed by atoms with Crippen molar-refractivity contribution in [2.45, 2.75) is 24.8 Å². The Morgan fingerprint density at radius 1 is 1.08 bits per heavy atom. The van der Waals surface area contributed by atoms with Gasteiger partial charge in [-0.1, -0.05) is 36.8 Å². The number of methoxy groups -OCH3 is 1. The summed E-state index contributed by atoms with van der Waals surface area (Å²) in [5, 5.41) is 1.38. The first-order valence-electron chi connectivity index (χ1n) is 8.19. The highest BCUT2D eigenvalue weighted by molar-refractivity contribution is 7.94. The average Bonchev–Trinajstić information content (AvgIpc) is 2.95. The van der Waals surface area contributed by atoms with E-state index >= 15 is 0 Å². The summed E-state index contributed by atoms with van der Waals surface area (Å²) in [4.78, 5) is 0.304. The second-order valence-corrected chi connectivity index (χ2v) is 8.16. The third kappa shape index (κ3) is 3.78. The zero-order valence-corrected chi connectivity index (χ0v) is 15.4. The Bertz CT molecular complexity index is 865. The maximum Gasteiger partial charge on any atom is 0.199 e. The van der Waals surface area contributed by atoms with Crippen molar-refractivity contribution in [3.8, 4) is 5.75 Å². The normalized spacial score (nSPS) is 22.3. The van der Waals surface area contributed by atoms with Crippen LogP contribution in [0.4, 0.5) is 0 Å². The van der Waals surface area contributed by atoms with Crippen LogP contribution in [0, 0.1) is 12.8 Å². The predicted molar refractivity (Wildman–Crippen MR) is 97.3 cm³/mol. The van der Waals surface area contributed by atoms with Crippen LogP contribution in [0.1, 0.15) is 24.2 Å². The van der Waals surface area contributed by atoms with Gasteiger partial charge in [0.05, 0.1) is 18.6 Å². The van der Waals surface area contributed by atoms with Gasteiger partial charge in [-0.05, 0) is 42.3 Å². The molecule has 1 aliphatic heterocycles. The average molecular weight is 358 g/mol. The van der Waals surface area contributed by atoms with Crippen LogP contribution < -0.4 is 4.74 Å². The van der Waals surface area contributed by atoms with Crippen LogP contribution in [-0.2, 0) is 14.6 Å². The molecule has 0 unspecified atom stereocenters. The van der Waals surface area contributed by atoms with Crippen molar-refractivity contribution in [3.05, 3.63) is 70.6 Å². The van der Waals surface area contributed by atoms with Crippen LogP contribution in [0.2, 0.25) is 0 Å². The van der Waals surface area contributed by atoms with Gasteiger partial charge >= 0.3 is 0 Å². The van der Waals surface area contributed by atoms with Crippen LogP contribution >= 0.6 is 0 Å². The minimum atomic E-state index is -3.51. The summed E-state index contributed by atoms with van der Waals surface area (Å²) in [5.74, 6) is 0.805. The van der Waals surface area contributed by atoms with Crippen molar-refractivity contribution in [2.24, 2.45) is 5.92 Å². The molecule has 1 aliphatic rings. The molecule has 1 fully saturated rings. The Hall–Kier alpha value is -2.11. The molecule has 2 aromatic carbocycles. The molecule has 1 saturated heterocycles. The van der Waals surface area contributed by atoms with Gasteiger partial charge in [-0.2, -0.15) is 0 Å². The molecule has 4 nitrogen and oxygen atoms in total. The van der Waals surface area contributed by atoms with Gasteiger partial charge in [0, 0.05) is 11.3 Å². The topological polar surface area (TPSA) is 52.6 Å². The Labute approximate surface area is 149 Å². The summed E-state index contributed by atoms with van der Waals surface area (Å²) in [5.41, 5.74) is 2.74. The largest absolute Gasteiger partial charge is 0.497 e. The molecular weight excluding hydrogens is 336 g/mol. The van der Waals surface area contributed by atoms with Gasteiger partial charge in [-0.3, -0.25) is 0 Å². The summed E-state index contributed by atoms with van der Waals surface area (Å²) in [6.45, 7) is 4.42. The fourth-order valence-electron chi connectivity index (χ4n) is 2.91. The highest BCUT2D eigenvalue weighted by Crippen LogP contribution is 2.39. The monoisotopic (exact) mass is 358 g/mol. The molecule has 0 amide bonds. The van der Waals surface area contributed by atoms with Gasteiger partial charge in [0.1, 0.15) is 11.9 Å². The fraction of sp³-hybridized carbons (Fsp3) is 0.300. The number of ether oxygens (including phenoxy) is 2. The third-order valence-electron chi connectivity index (χ3n) is 4.44. The number of aryl methyl sites for hydroxylation is 1. The lowest BCUT2D eigenvalue weighted by Crippen LogP contribution is -2.05. The van der Waals surface area contributed by atoms with Gasteiger partial charge in [0.2, 0.25) is 0 Å². The van der Waals surface area contributed by atoms with Crippen LogP contribution in [0.5, 0.6) is 5.75 Å². The molecule has 0 N–H and O–H groups in total. The van der Waals surface area contributed by atoms with Crippen molar-refractivity contribution in [1.29, 1.82) is 0 Å². The minimum Gasteiger partial charge on any atom is -0.497 e. The van der Waals surface area contributed by atoms with E-state index in [-0.39, 0.29) is 12.0 Å². The zero-order valence-electron chi connectivity index (χ0n) is 14.6. The Balaban J connectivity index is 1.96. The Morgan fingerprint density at radius 3 is 2.32 bits per heavy atom. The smallest absolute Gasteiger partial charge is 0.199 e. The molecule has 2 aromatic rings. The van der Waals surface area contributed by atoms with Crippen molar-refractivity contribution in [2.75, 3.05) is 13.7 Å². The predicted octanol–water partition coefficient (Wildman–Crippen LogP) is 4.07. The summed E-state index contributed by atoms with van der Waals surface area (Å²) in [6, 6.07) is 14.4. The molecule has 0 spiro atoms. The molecule has 0 saturated carbocycles. The number of hydrogen-bond donors (Lipinski definition) is 0. The van der Waals surface area contributed by atoms with E-state index in [1.54, 1.807) is 31.4 Å². The first kappa shape index (κ1) is 17.7. The molecule has 0 bridgehead atoms. The first-order chi connectivity index (χ1) is 11.9. The SMILES string of the molecule is COc1ccc([C@H]2OC[C@@H](C)/C2=C/S(=O)(=O)c2ccc(C)cc2)cc1. The highest BCUT2D eigenvalue weighted by Gasteiger charge is 2.31. The maximum atomic E-state index is 12.8. The summed E-state index contributed by atoms with van der Waals surface area (Å²) in [6.07, 6.45) is -0.346. The van der Waals surface area contributed by atoms with Crippen LogP contribution in [-0.4, -0.2) is 22.1 Å². The maximum absolute atomic E-state index is 12.8. The second kappa shape index (κ2) is 7.02. The molecule has 3 rings (SSSR count). The van der Waals surface area contributed by atoms with Crippen LogP contribution in [0.3, 0.4) is 0 Å². The third-order valence-corrected chi connectivity index (χ3v) is 5.96. The van der Waals surface area contributed by atoms with Gasteiger partial charge in [-0.15, -0.1) is 0 Å². The van der Waals surface area contributed by atoms with Crippen molar-refractivity contribution < 1.29 is 17.9 Å². The Morgan fingerprint density at radius 2 is 1.72 bits per heavy atom. The van der Waals surface area contributed by atoms with E-state index in [0.717, 1.165) is 22.4 Å². The van der Waals surface area contributed by atoms with Crippen molar-refractivity contribution >= 4 is 9.84 Å². The van der Waals surface area contributed by atoms with E-state index in [0.29, 0.717) is 11.5 Å². The minimum absolute atomic E-state index is 0.0484. The van der Waals surface area contributed by atoms with Crippen molar-refractivity contribution in [1.82, 2.24) is 0 Å². The number of sulfone groups is 1. The molecule has 0 aromatic heterocycles. The molecule has 0 radical (unpaired) electrons. The van der Waals surface area contributed by atoms with Crippen LogP contribution in [0.15, 0.2) is 64.4 Å². The quantitative estimate of drug-likeness (QED) is 0.827. The second-order valence-electron chi connectivity index (χ2n) is 6.36. The standard InChI is InChI=1S/C20H22O4S/c1-14-4-10-18(11-5-14)25(21,22)13-19-15(2)12-24-20(19)16-6-8-17(23-3)9-7-16/h4-11,13,15,20H,12H2,1-3H3/b19-13-/t15-,20-/m1/s1. The van der Waals surface area contributed by atoms with Gasteiger partial charge in [-0.25, -0.2) is 8.42 Å². The van der Waals surface area contributed by atoms with E-state index in [4.69, 9.17) is 9.47 Å². The van der Waals surface area contributed by atoms with E-state index in [1.165, 1.54) is 5.41 Å². The van der Waals surface area contributed by atoms with Gasteiger partial charge < -0.3 is 9.47 Å². The highest BCUT2D eigenvalue weighted by atomic mass is 32.2. The molecule has 0 aliphatic carbocycles. The summed E-state index contributed by atoms with van der Waals surface area (Å²) < 4.78 is 36.6. The number of rotatable bonds is 4. The van der Waals surface area contributed by atoms with E-state index in [9.17, 15) is 8.42 Å². The zero-order chi connectivity index (χ0) is 18.0. The lowest BCUT2D eigenvalue weighted by molar-refractivity contribution is 0.118. The van der Waals surface area contributed by atoms with Gasteiger partial charge in [0.15, 0.2) is 9.84 Å². The van der Waals surface area contributed by atoms with Crippen LogP contribution in [0.25, 0.3) is 0 Å². The summed E-state index contributed by atoms with van der Waals surface area (Å²) >= 11 is 0.